The van der Waals surface area contributed by atoms with Gasteiger partial charge in [-0.3, -0.25) is 14.2 Å². The summed E-state index contributed by atoms with van der Waals surface area (Å²) in [6, 6.07) is 0. The Bertz CT molecular complexity index is 1170. The number of allylic oxidation sites excluding steroid dienone is 12. The summed E-state index contributed by atoms with van der Waals surface area (Å²) in [5.41, 5.74) is 0. The van der Waals surface area contributed by atoms with Gasteiger partial charge in [0.1, 0.15) is 19.8 Å². The lowest BCUT2D eigenvalue weighted by Crippen LogP contribution is -2.37. The number of unbranched alkanes of at least 4 members (excludes halogenated alkanes) is 11. The molecule has 0 aromatic rings. The number of hydrogen-bond acceptors (Lipinski definition) is 8. The molecule has 0 aliphatic heterocycles. The molecular formula is C45H78NO8P. The molecule has 0 fully saturated rings. The van der Waals surface area contributed by atoms with Crippen LogP contribution in [0.15, 0.2) is 72.9 Å². The number of rotatable bonds is 37. The standard InChI is InChI=1S/C45H78NO8P/c1-6-8-10-12-14-16-18-19-20-21-22-23-24-25-26-27-28-30-32-34-36-38-45(48)54-43(42-53-55(49,50)52-40-39-46(3,4)5)41-51-44(47)37-35-33-31-29-17-15-13-11-9-7-2/h8,10-11,13-14,16,19-20,22-23,25-26,43H,6-7,9,12,15,17-18,21,24,27-42H2,1-5H3/b10-8-,13-11-,16-14-,20-19-,23-22-,26-25-. The van der Waals surface area contributed by atoms with Crippen LogP contribution >= 0.6 is 7.82 Å². The van der Waals surface area contributed by atoms with Gasteiger partial charge in [-0.25, -0.2) is 0 Å². The topological polar surface area (TPSA) is 111 Å². The molecule has 0 amide bonds. The van der Waals surface area contributed by atoms with Crippen molar-refractivity contribution in [2.24, 2.45) is 0 Å². The van der Waals surface area contributed by atoms with Crippen LogP contribution in [0.2, 0.25) is 0 Å². The van der Waals surface area contributed by atoms with Crippen molar-refractivity contribution in [1.29, 1.82) is 0 Å². The lowest BCUT2D eigenvalue weighted by Gasteiger charge is -2.28. The summed E-state index contributed by atoms with van der Waals surface area (Å²) < 4.78 is 33.8. The zero-order valence-corrected chi connectivity index (χ0v) is 36.2. The molecule has 10 heteroatoms. The molecule has 0 radical (unpaired) electrons. The van der Waals surface area contributed by atoms with Crippen LogP contribution in [0.5, 0.6) is 0 Å². The predicted molar refractivity (Wildman–Crippen MR) is 226 cm³/mol. The summed E-state index contributed by atoms with van der Waals surface area (Å²) >= 11 is 0. The first-order valence-corrected chi connectivity index (χ1v) is 22.6. The van der Waals surface area contributed by atoms with Gasteiger partial charge in [-0.2, -0.15) is 0 Å². The molecule has 2 unspecified atom stereocenters. The zero-order valence-electron chi connectivity index (χ0n) is 35.3. The Morgan fingerprint density at radius 3 is 1.56 bits per heavy atom. The fourth-order valence-electron chi connectivity index (χ4n) is 5.15. The summed E-state index contributed by atoms with van der Waals surface area (Å²) in [6.07, 6.45) is 45.0. The van der Waals surface area contributed by atoms with E-state index in [0.29, 0.717) is 23.9 Å². The maximum Gasteiger partial charge on any atom is 0.306 e. The van der Waals surface area contributed by atoms with Crippen LogP contribution in [0.4, 0.5) is 0 Å². The van der Waals surface area contributed by atoms with E-state index in [1.54, 1.807) is 0 Å². The Morgan fingerprint density at radius 1 is 0.582 bits per heavy atom. The van der Waals surface area contributed by atoms with Gasteiger partial charge in [0.05, 0.1) is 27.7 Å². The van der Waals surface area contributed by atoms with Crippen LogP contribution < -0.4 is 4.89 Å². The highest BCUT2D eigenvalue weighted by atomic mass is 31.2. The highest BCUT2D eigenvalue weighted by Crippen LogP contribution is 2.38. The van der Waals surface area contributed by atoms with E-state index in [1.165, 1.54) is 6.42 Å². The second kappa shape index (κ2) is 37.1. The Balaban J connectivity index is 4.40. The van der Waals surface area contributed by atoms with Gasteiger partial charge >= 0.3 is 11.9 Å². The van der Waals surface area contributed by atoms with E-state index in [9.17, 15) is 19.0 Å². The third-order valence-electron chi connectivity index (χ3n) is 8.44. The quantitative estimate of drug-likeness (QED) is 0.0201. The smallest absolute Gasteiger partial charge is 0.306 e. The molecule has 0 saturated heterocycles. The van der Waals surface area contributed by atoms with Crippen molar-refractivity contribution in [3.05, 3.63) is 72.9 Å². The van der Waals surface area contributed by atoms with Crippen LogP contribution in [-0.4, -0.2) is 70.0 Å². The Hall–Kier alpha value is -2.55. The average molecular weight is 792 g/mol. The number of nitrogens with zero attached hydrogens (tertiary/aromatic N) is 1. The summed E-state index contributed by atoms with van der Waals surface area (Å²) in [7, 11) is 1.13. The van der Waals surface area contributed by atoms with Gasteiger partial charge in [0.2, 0.25) is 0 Å². The van der Waals surface area contributed by atoms with Gasteiger partial charge in [-0.15, -0.1) is 0 Å². The Labute approximate surface area is 336 Å². The molecule has 0 heterocycles. The molecule has 0 aliphatic carbocycles. The van der Waals surface area contributed by atoms with E-state index in [1.807, 2.05) is 21.1 Å². The molecule has 0 N–H and O–H groups in total. The van der Waals surface area contributed by atoms with E-state index < -0.39 is 32.5 Å². The molecule has 9 nitrogen and oxygen atoms in total. The zero-order chi connectivity index (χ0) is 40.7. The summed E-state index contributed by atoms with van der Waals surface area (Å²) in [5.74, 6) is -0.878. The number of phosphoric acid groups is 1. The second-order valence-electron chi connectivity index (χ2n) is 15.0. The lowest BCUT2D eigenvalue weighted by atomic mass is 10.1. The minimum absolute atomic E-state index is 0.0401. The summed E-state index contributed by atoms with van der Waals surface area (Å²) in [5, 5.41) is 0. The first-order chi connectivity index (χ1) is 26.5. The maximum absolute atomic E-state index is 12.7. The van der Waals surface area contributed by atoms with E-state index in [0.717, 1.165) is 103 Å². The van der Waals surface area contributed by atoms with Gasteiger partial charge < -0.3 is 27.9 Å². The van der Waals surface area contributed by atoms with Crippen LogP contribution in [0.25, 0.3) is 0 Å². The molecule has 55 heavy (non-hydrogen) atoms. The molecule has 0 rings (SSSR count). The molecule has 316 valence electrons. The molecule has 2 atom stereocenters. The summed E-state index contributed by atoms with van der Waals surface area (Å²) in [4.78, 5) is 37.4. The molecule has 0 aromatic heterocycles. The van der Waals surface area contributed by atoms with Crippen molar-refractivity contribution in [2.45, 2.75) is 155 Å². The number of carbonyl (C=O) groups excluding carboxylic acids is 2. The van der Waals surface area contributed by atoms with E-state index in [-0.39, 0.29) is 26.1 Å². The van der Waals surface area contributed by atoms with Crippen LogP contribution in [0, 0.1) is 0 Å². The first-order valence-electron chi connectivity index (χ1n) is 21.1. The second-order valence-corrected chi connectivity index (χ2v) is 16.4. The number of carbonyl (C=O) groups is 2. The highest BCUT2D eigenvalue weighted by molar-refractivity contribution is 7.45. The third-order valence-corrected chi connectivity index (χ3v) is 9.41. The maximum atomic E-state index is 12.7. The largest absolute Gasteiger partial charge is 0.756 e. The van der Waals surface area contributed by atoms with Crippen molar-refractivity contribution in [3.8, 4) is 0 Å². The van der Waals surface area contributed by atoms with Crippen molar-refractivity contribution < 1.29 is 42.1 Å². The van der Waals surface area contributed by atoms with E-state index in [4.69, 9.17) is 18.5 Å². The Morgan fingerprint density at radius 2 is 1.04 bits per heavy atom. The molecule has 0 saturated carbocycles. The van der Waals surface area contributed by atoms with Crippen molar-refractivity contribution in [1.82, 2.24) is 0 Å². The van der Waals surface area contributed by atoms with Gasteiger partial charge in [-0.05, 0) is 77.0 Å². The number of likely N-dealkylation sites (N-methyl/N-ethyl adjacent to an activating group) is 1. The van der Waals surface area contributed by atoms with Gasteiger partial charge in [0.25, 0.3) is 7.82 Å². The SMILES string of the molecule is CC/C=C\C/C=C\C/C=C\C/C=C\C/C=C\CCCCCCCC(=O)OC(COC(=O)CCCCCCC/C=C\CCC)COP(=O)([O-])OCC[N+](C)(C)C. The van der Waals surface area contributed by atoms with Gasteiger partial charge in [0, 0.05) is 12.8 Å². The number of phosphoric ester groups is 1. The number of ether oxygens (including phenoxy) is 2. The Kier molecular flexibility index (Phi) is 35.3. The minimum Gasteiger partial charge on any atom is -0.756 e. The number of hydrogen-bond donors (Lipinski definition) is 0. The van der Waals surface area contributed by atoms with Gasteiger partial charge in [-0.1, -0.05) is 132 Å². The first kappa shape index (κ1) is 52.5. The third kappa shape index (κ3) is 40.9. The lowest BCUT2D eigenvalue weighted by molar-refractivity contribution is -0.870. The minimum atomic E-state index is -4.63. The molecule has 0 aromatic carbocycles. The summed E-state index contributed by atoms with van der Waals surface area (Å²) in [6.45, 7) is 3.99. The number of esters is 2. The molecule has 0 spiro atoms. The van der Waals surface area contributed by atoms with E-state index >= 15 is 0 Å². The van der Waals surface area contributed by atoms with Crippen LogP contribution in [0.1, 0.15) is 149 Å². The monoisotopic (exact) mass is 792 g/mol. The fraction of sp³-hybridized carbons (Fsp3) is 0.689. The predicted octanol–water partition coefficient (Wildman–Crippen LogP) is 11.2. The van der Waals surface area contributed by atoms with Gasteiger partial charge in [0.15, 0.2) is 6.10 Å². The number of quaternary nitrogens is 1. The molecule has 0 bridgehead atoms. The fourth-order valence-corrected chi connectivity index (χ4v) is 5.88. The normalized spacial score (nSPS) is 14.4. The molecular weight excluding hydrogens is 713 g/mol. The highest BCUT2D eigenvalue weighted by Gasteiger charge is 2.21. The van der Waals surface area contributed by atoms with Crippen molar-refractivity contribution >= 4 is 19.8 Å². The van der Waals surface area contributed by atoms with Crippen molar-refractivity contribution in [2.75, 3.05) is 47.5 Å². The van der Waals surface area contributed by atoms with Crippen LogP contribution in [-0.2, 0) is 32.7 Å². The van der Waals surface area contributed by atoms with Crippen LogP contribution in [0.3, 0.4) is 0 Å². The molecule has 0 aliphatic rings. The van der Waals surface area contributed by atoms with E-state index in [2.05, 4.69) is 86.8 Å². The average Bonchev–Trinajstić information content (AvgIpc) is 3.13. The van der Waals surface area contributed by atoms with Crippen molar-refractivity contribution in [3.63, 3.8) is 0 Å².